The molecule has 3 nitrogen and oxygen atoms in total. The number of carbonyl (C=O) groups excluding carboxylic acids is 1. The monoisotopic (exact) mass is 130 g/mol. The van der Waals surface area contributed by atoms with E-state index in [0.29, 0.717) is 0 Å². The number of aliphatic hydroxyl groups is 1. The minimum Gasteiger partial charge on any atom is -0.469 e. The minimum absolute atomic E-state index is 0.0308. The lowest BCUT2D eigenvalue weighted by molar-refractivity contribution is -0.139. The summed E-state index contributed by atoms with van der Waals surface area (Å²) in [5, 5.41) is 8.21. The maximum Gasteiger partial charge on any atom is 0.309 e. The fourth-order valence-electron chi connectivity index (χ4n) is 0.337. The Hall–Kier alpha value is -0.830. The van der Waals surface area contributed by atoms with Gasteiger partial charge in [-0.2, -0.15) is 0 Å². The smallest absolute Gasteiger partial charge is 0.309 e. The van der Waals surface area contributed by atoms with Gasteiger partial charge in [0.15, 0.2) is 0 Å². The molecule has 0 aliphatic rings. The normalized spacial score (nSPS) is 10.0. The third kappa shape index (κ3) is 5.03. The third-order valence-electron chi connectivity index (χ3n) is 0.784. The molecule has 0 bridgehead atoms. The number of hydrogen-bond donors (Lipinski definition) is 1. The lowest BCUT2D eigenvalue weighted by atomic mass is 10.4. The first-order chi connectivity index (χ1) is 4.31. The molecule has 0 spiro atoms. The summed E-state index contributed by atoms with van der Waals surface area (Å²) in [7, 11) is 1.33. The molecule has 0 saturated heterocycles. The molecule has 0 fully saturated rings. The van der Waals surface area contributed by atoms with Gasteiger partial charge in [0.05, 0.1) is 20.1 Å². The van der Waals surface area contributed by atoms with E-state index in [1.165, 1.54) is 13.2 Å². The van der Waals surface area contributed by atoms with Crippen LogP contribution in [0.1, 0.15) is 6.42 Å². The van der Waals surface area contributed by atoms with Crippen molar-refractivity contribution >= 4 is 5.97 Å². The summed E-state index contributed by atoms with van der Waals surface area (Å²) in [4.78, 5) is 10.3. The number of hydrogen-bond acceptors (Lipinski definition) is 3. The van der Waals surface area contributed by atoms with E-state index in [4.69, 9.17) is 5.11 Å². The summed E-state index contributed by atoms with van der Waals surface area (Å²) in [5.74, 6) is -0.292. The van der Waals surface area contributed by atoms with Gasteiger partial charge in [0.25, 0.3) is 0 Å². The van der Waals surface area contributed by atoms with Gasteiger partial charge < -0.3 is 9.84 Å². The van der Waals surface area contributed by atoms with E-state index in [1.54, 1.807) is 6.08 Å². The van der Waals surface area contributed by atoms with Gasteiger partial charge in [0.2, 0.25) is 0 Å². The zero-order valence-electron chi connectivity index (χ0n) is 5.33. The SMILES string of the molecule is COC(=O)CC=CCO. The molecule has 0 rings (SSSR count). The average molecular weight is 130 g/mol. The fourth-order valence-corrected chi connectivity index (χ4v) is 0.337. The van der Waals surface area contributed by atoms with E-state index < -0.39 is 0 Å². The molecule has 0 atom stereocenters. The molecule has 9 heavy (non-hydrogen) atoms. The van der Waals surface area contributed by atoms with Gasteiger partial charge in [-0.05, 0) is 0 Å². The summed E-state index contributed by atoms with van der Waals surface area (Å²) in [6, 6.07) is 0. The molecule has 0 heterocycles. The second-order valence-electron chi connectivity index (χ2n) is 1.43. The Morgan fingerprint density at radius 2 is 2.33 bits per heavy atom. The van der Waals surface area contributed by atoms with E-state index in [9.17, 15) is 4.79 Å². The van der Waals surface area contributed by atoms with Gasteiger partial charge in [-0.3, -0.25) is 4.79 Å². The highest BCUT2D eigenvalue weighted by atomic mass is 16.5. The van der Waals surface area contributed by atoms with Crippen molar-refractivity contribution in [2.45, 2.75) is 6.42 Å². The topological polar surface area (TPSA) is 46.5 Å². The number of rotatable bonds is 3. The van der Waals surface area contributed by atoms with E-state index in [0.717, 1.165) is 0 Å². The molecular formula is C6H10O3. The second kappa shape index (κ2) is 5.31. The minimum atomic E-state index is -0.292. The quantitative estimate of drug-likeness (QED) is 0.435. The van der Waals surface area contributed by atoms with Crippen LogP contribution in [0.2, 0.25) is 0 Å². The van der Waals surface area contributed by atoms with Gasteiger partial charge in [-0.25, -0.2) is 0 Å². The van der Waals surface area contributed by atoms with Crippen LogP contribution in [0, 0.1) is 0 Å². The maximum absolute atomic E-state index is 10.3. The number of ether oxygens (including phenoxy) is 1. The molecule has 0 aliphatic heterocycles. The first-order valence-electron chi connectivity index (χ1n) is 2.64. The van der Waals surface area contributed by atoms with Crippen molar-refractivity contribution in [3.63, 3.8) is 0 Å². The maximum atomic E-state index is 10.3. The van der Waals surface area contributed by atoms with Gasteiger partial charge in [0, 0.05) is 0 Å². The summed E-state index contributed by atoms with van der Waals surface area (Å²) in [5.41, 5.74) is 0. The van der Waals surface area contributed by atoms with Crippen LogP contribution >= 0.6 is 0 Å². The Labute approximate surface area is 53.9 Å². The third-order valence-corrected chi connectivity index (χ3v) is 0.784. The average Bonchev–Trinajstić information content (AvgIpc) is 1.89. The van der Waals surface area contributed by atoms with Crippen LogP contribution in [0.4, 0.5) is 0 Å². The highest BCUT2D eigenvalue weighted by Gasteiger charge is 1.91. The summed E-state index contributed by atoms with van der Waals surface area (Å²) < 4.78 is 4.32. The van der Waals surface area contributed by atoms with E-state index in [2.05, 4.69) is 4.74 Å². The standard InChI is InChI=1S/C6H10O3/c1-9-6(8)4-2-3-5-7/h2-3,7H,4-5H2,1H3. The van der Waals surface area contributed by atoms with Crippen molar-refractivity contribution in [1.29, 1.82) is 0 Å². The van der Waals surface area contributed by atoms with Gasteiger partial charge in [0.1, 0.15) is 0 Å². The molecule has 0 aromatic rings. The Kier molecular flexibility index (Phi) is 4.82. The lowest BCUT2D eigenvalue weighted by Crippen LogP contribution is -1.96. The molecule has 1 N–H and O–H groups in total. The molecule has 3 heteroatoms. The van der Waals surface area contributed by atoms with Gasteiger partial charge in [-0.1, -0.05) is 12.2 Å². The van der Waals surface area contributed by atoms with Crippen LogP contribution in [0.25, 0.3) is 0 Å². The van der Waals surface area contributed by atoms with Crippen LogP contribution in [0.15, 0.2) is 12.2 Å². The summed E-state index contributed by atoms with van der Waals surface area (Å²) in [6.45, 7) is -0.0308. The number of esters is 1. The Bertz CT molecular complexity index is 107. The number of methoxy groups -OCH3 is 1. The predicted octanol–water partition coefficient (Wildman–Crippen LogP) is 0.0980. The Morgan fingerprint density at radius 3 is 2.78 bits per heavy atom. The molecule has 52 valence electrons. The zero-order valence-corrected chi connectivity index (χ0v) is 5.33. The fraction of sp³-hybridized carbons (Fsp3) is 0.500. The van der Waals surface area contributed by atoms with Crippen LogP contribution < -0.4 is 0 Å². The van der Waals surface area contributed by atoms with E-state index in [-0.39, 0.29) is 19.0 Å². The zero-order chi connectivity index (χ0) is 7.11. The van der Waals surface area contributed by atoms with Gasteiger partial charge >= 0.3 is 5.97 Å². The van der Waals surface area contributed by atoms with Crippen molar-refractivity contribution in [3.05, 3.63) is 12.2 Å². The second-order valence-corrected chi connectivity index (χ2v) is 1.43. The molecular weight excluding hydrogens is 120 g/mol. The van der Waals surface area contributed by atoms with Crippen LogP contribution in [0.5, 0.6) is 0 Å². The molecule has 0 saturated carbocycles. The molecule has 0 aliphatic carbocycles. The first-order valence-corrected chi connectivity index (χ1v) is 2.64. The molecule has 0 radical (unpaired) electrons. The lowest BCUT2D eigenvalue weighted by Gasteiger charge is -1.90. The van der Waals surface area contributed by atoms with Gasteiger partial charge in [-0.15, -0.1) is 0 Å². The van der Waals surface area contributed by atoms with Crippen LogP contribution in [0.3, 0.4) is 0 Å². The molecule has 0 aromatic heterocycles. The van der Waals surface area contributed by atoms with Crippen molar-refractivity contribution in [3.8, 4) is 0 Å². The highest BCUT2D eigenvalue weighted by Crippen LogP contribution is 1.84. The molecule has 0 unspecified atom stereocenters. The highest BCUT2D eigenvalue weighted by molar-refractivity contribution is 5.70. The largest absolute Gasteiger partial charge is 0.469 e. The number of carbonyl (C=O) groups is 1. The number of aliphatic hydroxyl groups excluding tert-OH is 1. The van der Waals surface area contributed by atoms with Crippen molar-refractivity contribution in [1.82, 2.24) is 0 Å². The first kappa shape index (κ1) is 8.17. The van der Waals surface area contributed by atoms with E-state index in [1.807, 2.05) is 0 Å². The van der Waals surface area contributed by atoms with Crippen molar-refractivity contribution in [2.24, 2.45) is 0 Å². The molecule has 0 aromatic carbocycles. The summed E-state index contributed by atoms with van der Waals surface area (Å²) >= 11 is 0. The predicted molar refractivity (Wildman–Crippen MR) is 32.9 cm³/mol. The Morgan fingerprint density at radius 1 is 1.67 bits per heavy atom. The molecule has 0 amide bonds. The van der Waals surface area contributed by atoms with Crippen molar-refractivity contribution in [2.75, 3.05) is 13.7 Å². The van der Waals surface area contributed by atoms with Crippen molar-refractivity contribution < 1.29 is 14.6 Å². The van der Waals surface area contributed by atoms with Crippen LogP contribution in [-0.4, -0.2) is 24.8 Å². The van der Waals surface area contributed by atoms with E-state index >= 15 is 0 Å². The Balaban J connectivity index is 3.26. The summed E-state index contributed by atoms with van der Waals surface area (Å²) in [6.07, 6.45) is 3.29. The van der Waals surface area contributed by atoms with Crippen LogP contribution in [-0.2, 0) is 9.53 Å².